The first-order chi connectivity index (χ1) is 8.25. The van der Waals surface area contributed by atoms with Crippen LogP contribution in [0.2, 0.25) is 0 Å². The Kier molecular flexibility index (Phi) is 4.23. The van der Waals surface area contributed by atoms with Gasteiger partial charge in [-0.25, -0.2) is 9.37 Å². The predicted octanol–water partition coefficient (Wildman–Crippen LogP) is 2.92. The second-order valence-electron chi connectivity index (χ2n) is 3.88. The molecule has 0 saturated heterocycles. The molecule has 0 amide bonds. The first-order valence-corrected chi connectivity index (χ1v) is 6.49. The van der Waals surface area contributed by atoms with Crippen molar-refractivity contribution in [3.05, 3.63) is 51.7 Å². The number of aryl methyl sites for hydroxylation is 1. The summed E-state index contributed by atoms with van der Waals surface area (Å²) >= 11 is 1.65. The highest BCUT2D eigenvalue weighted by Crippen LogP contribution is 2.08. The van der Waals surface area contributed by atoms with Gasteiger partial charge in [0.05, 0.1) is 10.7 Å². The zero-order valence-corrected chi connectivity index (χ0v) is 10.6. The Morgan fingerprint density at radius 1 is 1.35 bits per heavy atom. The van der Waals surface area contributed by atoms with Crippen LogP contribution in [0.25, 0.3) is 0 Å². The van der Waals surface area contributed by atoms with Crippen LogP contribution in [0, 0.1) is 12.7 Å². The van der Waals surface area contributed by atoms with Gasteiger partial charge in [-0.2, -0.15) is 0 Å². The average Bonchev–Trinajstić information content (AvgIpc) is 2.73. The van der Waals surface area contributed by atoms with Crippen LogP contribution in [0.3, 0.4) is 0 Å². The molecule has 0 fully saturated rings. The van der Waals surface area contributed by atoms with Gasteiger partial charge in [0.1, 0.15) is 5.82 Å². The van der Waals surface area contributed by atoms with E-state index in [1.165, 1.54) is 6.07 Å². The highest BCUT2D eigenvalue weighted by atomic mass is 32.1. The first-order valence-electron chi connectivity index (χ1n) is 5.61. The van der Waals surface area contributed by atoms with Gasteiger partial charge >= 0.3 is 0 Å². The van der Waals surface area contributed by atoms with Crippen molar-refractivity contribution in [3.63, 3.8) is 0 Å². The maximum absolute atomic E-state index is 13.3. The average molecular weight is 250 g/mol. The molecule has 0 spiro atoms. The van der Waals surface area contributed by atoms with E-state index in [1.54, 1.807) is 17.4 Å². The van der Waals surface area contributed by atoms with Crippen LogP contribution >= 0.6 is 11.3 Å². The molecule has 0 aliphatic heterocycles. The Morgan fingerprint density at radius 2 is 2.18 bits per heavy atom. The summed E-state index contributed by atoms with van der Waals surface area (Å²) in [6.45, 7) is 3.50. The van der Waals surface area contributed by atoms with E-state index < -0.39 is 0 Å². The number of nitrogens with zero attached hydrogens (tertiary/aromatic N) is 1. The molecule has 2 aromatic rings. The van der Waals surface area contributed by atoms with E-state index in [9.17, 15) is 4.39 Å². The Bertz CT molecular complexity index is 482. The summed E-state index contributed by atoms with van der Waals surface area (Å²) in [5.74, 6) is -0.126. The molecule has 90 valence electrons. The van der Waals surface area contributed by atoms with E-state index in [4.69, 9.17) is 0 Å². The minimum absolute atomic E-state index is 0.126. The first kappa shape index (κ1) is 12.2. The third-order valence-corrected chi connectivity index (χ3v) is 3.32. The maximum atomic E-state index is 13.3. The molecule has 4 heteroatoms. The van der Waals surface area contributed by atoms with E-state index in [0.29, 0.717) is 6.42 Å². The van der Waals surface area contributed by atoms with Crippen LogP contribution in [0.1, 0.15) is 16.3 Å². The third kappa shape index (κ3) is 3.61. The van der Waals surface area contributed by atoms with Crippen molar-refractivity contribution in [2.75, 3.05) is 6.54 Å². The zero-order valence-electron chi connectivity index (χ0n) is 9.74. The molecule has 0 aliphatic rings. The second kappa shape index (κ2) is 5.89. The van der Waals surface area contributed by atoms with Crippen LogP contribution in [-0.4, -0.2) is 11.5 Å². The standard InChI is InChI=1S/C13H15FN2S/c1-10-16-12(9-17-10)8-15-7-6-11-4-2-3-5-13(11)14/h2-5,9,15H,6-8H2,1H3. The third-order valence-electron chi connectivity index (χ3n) is 2.50. The highest BCUT2D eigenvalue weighted by Gasteiger charge is 2.01. The zero-order chi connectivity index (χ0) is 12.1. The van der Waals surface area contributed by atoms with Gasteiger partial charge in [0.2, 0.25) is 0 Å². The molecule has 0 unspecified atom stereocenters. The monoisotopic (exact) mass is 250 g/mol. The molecule has 0 radical (unpaired) electrons. The van der Waals surface area contributed by atoms with Gasteiger partial charge in [-0.15, -0.1) is 11.3 Å². The smallest absolute Gasteiger partial charge is 0.126 e. The largest absolute Gasteiger partial charge is 0.311 e. The number of benzene rings is 1. The van der Waals surface area contributed by atoms with Crippen molar-refractivity contribution < 1.29 is 4.39 Å². The summed E-state index contributed by atoms with van der Waals surface area (Å²) in [5.41, 5.74) is 1.82. The molecule has 1 heterocycles. The number of aromatic nitrogens is 1. The maximum Gasteiger partial charge on any atom is 0.126 e. The number of hydrogen-bond donors (Lipinski definition) is 1. The quantitative estimate of drug-likeness (QED) is 0.825. The Hall–Kier alpha value is -1.26. The van der Waals surface area contributed by atoms with Gasteiger partial charge in [0.15, 0.2) is 0 Å². The van der Waals surface area contributed by atoms with Gasteiger partial charge < -0.3 is 5.32 Å². The van der Waals surface area contributed by atoms with Crippen LogP contribution in [0.15, 0.2) is 29.6 Å². The number of halogens is 1. The molecule has 0 saturated carbocycles. The van der Waals surface area contributed by atoms with Crippen molar-refractivity contribution in [2.24, 2.45) is 0 Å². The normalized spacial score (nSPS) is 10.7. The molecule has 2 rings (SSSR count). The molecule has 2 nitrogen and oxygen atoms in total. The predicted molar refractivity (Wildman–Crippen MR) is 68.7 cm³/mol. The molecule has 1 aromatic heterocycles. The van der Waals surface area contributed by atoms with Gasteiger partial charge in [-0.1, -0.05) is 18.2 Å². The Labute approximate surface area is 105 Å². The van der Waals surface area contributed by atoms with Crippen LogP contribution in [0.4, 0.5) is 4.39 Å². The summed E-state index contributed by atoms with van der Waals surface area (Å²) in [7, 11) is 0. The Balaban J connectivity index is 1.75. The number of hydrogen-bond acceptors (Lipinski definition) is 3. The highest BCUT2D eigenvalue weighted by molar-refractivity contribution is 7.09. The van der Waals surface area contributed by atoms with Gasteiger partial charge in [-0.3, -0.25) is 0 Å². The molecular formula is C13H15FN2S. The van der Waals surface area contributed by atoms with Crippen molar-refractivity contribution in [1.82, 2.24) is 10.3 Å². The van der Waals surface area contributed by atoms with E-state index in [-0.39, 0.29) is 5.82 Å². The lowest BCUT2D eigenvalue weighted by Gasteiger charge is -2.04. The van der Waals surface area contributed by atoms with E-state index in [1.807, 2.05) is 24.4 Å². The molecule has 0 aliphatic carbocycles. The van der Waals surface area contributed by atoms with Gasteiger partial charge in [-0.05, 0) is 31.5 Å². The molecule has 0 bridgehead atoms. The molecule has 0 atom stereocenters. The number of thiazole rings is 1. The van der Waals surface area contributed by atoms with E-state index in [0.717, 1.165) is 29.4 Å². The summed E-state index contributed by atoms with van der Waals surface area (Å²) < 4.78 is 13.3. The van der Waals surface area contributed by atoms with Gasteiger partial charge in [0.25, 0.3) is 0 Å². The van der Waals surface area contributed by atoms with Gasteiger partial charge in [0, 0.05) is 11.9 Å². The fourth-order valence-electron chi connectivity index (χ4n) is 1.63. The lowest BCUT2D eigenvalue weighted by Crippen LogP contribution is -2.17. The molecule has 1 N–H and O–H groups in total. The summed E-state index contributed by atoms with van der Waals surface area (Å²) in [6.07, 6.45) is 0.704. The Morgan fingerprint density at radius 3 is 2.88 bits per heavy atom. The lowest BCUT2D eigenvalue weighted by atomic mass is 10.1. The number of rotatable bonds is 5. The van der Waals surface area contributed by atoms with Crippen LogP contribution < -0.4 is 5.32 Å². The topological polar surface area (TPSA) is 24.9 Å². The fraction of sp³-hybridized carbons (Fsp3) is 0.308. The van der Waals surface area contributed by atoms with Crippen molar-refractivity contribution in [2.45, 2.75) is 19.9 Å². The fourth-order valence-corrected chi connectivity index (χ4v) is 2.24. The van der Waals surface area contributed by atoms with E-state index in [2.05, 4.69) is 10.3 Å². The number of nitrogens with one attached hydrogen (secondary N) is 1. The van der Waals surface area contributed by atoms with Crippen molar-refractivity contribution in [3.8, 4) is 0 Å². The molecule has 17 heavy (non-hydrogen) atoms. The molecular weight excluding hydrogens is 235 g/mol. The van der Waals surface area contributed by atoms with Crippen LogP contribution in [0.5, 0.6) is 0 Å². The summed E-state index contributed by atoms with van der Waals surface area (Å²) in [5, 5.41) is 6.39. The SMILES string of the molecule is Cc1nc(CNCCc2ccccc2F)cs1. The summed E-state index contributed by atoms with van der Waals surface area (Å²) in [4.78, 5) is 4.35. The minimum Gasteiger partial charge on any atom is -0.311 e. The van der Waals surface area contributed by atoms with Crippen LogP contribution in [-0.2, 0) is 13.0 Å². The van der Waals surface area contributed by atoms with E-state index >= 15 is 0 Å². The lowest BCUT2D eigenvalue weighted by molar-refractivity contribution is 0.597. The molecule has 1 aromatic carbocycles. The summed E-state index contributed by atoms with van der Waals surface area (Å²) in [6, 6.07) is 6.90. The van der Waals surface area contributed by atoms with Crippen molar-refractivity contribution >= 4 is 11.3 Å². The second-order valence-corrected chi connectivity index (χ2v) is 4.94. The minimum atomic E-state index is -0.126. The van der Waals surface area contributed by atoms with Crippen molar-refractivity contribution in [1.29, 1.82) is 0 Å².